The molecule has 8 aromatic rings. The van der Waals surface area contributed by atoms with E-state index in [-0.39, 0.29) is 20.1 Å². The molecule has 4 aromatic carbocycles. The fraction of sp³-hybridized carbons (Fsp3) is 0.0238. The smallest absolute Gasteiger partial charge is 0.318 e. The molecule has 1 aliphatic rings. The number of pyridine rings is 3. The standard InChI is InChI=1S/C29H18N2.C13H8NS.Ir/c1-2-11-21(12-3-1)26-17-10-19-28(31-26)29(27-18-8-9-20-30-27)24-15-6-4-13-22(24)23-14-5-7-16-25(23)29;1-2-5-11-9-14-12(8-10(11)4-1)13-6-3-7-15-13;/h1-11,13-15,17-20H;1-5,7-9H;/q-2;-1;+3/t29-;;/m0../s1. The van der Waals surface area contributed by atoms with Gasteiger partial charge in [0.1, 0.15) is 0 Å². The fourth-order valence-electron chi connectivity index (χ4n) is 6.33. The van der Waals surface area contributed by atoms with Gasteiger partial charge in [0.05, 0.1) is 11.1 Å². The monoisotopic (exact) mass is 797 g/mol. The third kappa shape index (κ3) is 5.53. The van der Waals surface area contributed by atoms with Gasteiger partial charge in [0.15, 0.2) is 0 Å². The maximum atomic E-state index is 5.18. The molecule has 47 heavy (non-hydrogen) atoms. The Bertz CT molecular complexity index is 2220. The largest absolute Gasteiger partial charge is 3.00 e. The summed E-state index contributed by atoms with van der Waals surface area (Å²) in [6.45, 7) is 0. The molecule has 0 radical (unpaired) electrons. The van der Waals surface area contributed by atoms with Gasteiger partial charge in [-0.2, -0.15) is 36.4 Å². The molecule has 0 amide bonds. The van der Waals surface area contributed by atoms with Crippen molar-refractivity contribution < 1.29 is 20.1 Å². The van der Waals surface area contributed by atoms with Gasteiger partial charge >= 0.3 is 20.1 Å². The molecule has 224 valence electrons. The van der Waals surface area contributed by atoms with E-state index in [4.69, 9.17) is 9.97 Å². The van der Waals surface area contributed by atoms with E-state index in [0.717, 1.165) is 38.8 Å². The Hall–Kier alpha value is -5.06. The van der Waals surface area contributed by atoms with Crippen molar-refractivity contribution in [2.24, 2.45) is 0 Å². The van der Waals surface area contributed by atoms with Crippen LogP contribution < -0.4 is 0 Å². The van der Waals surface area contributed by atoms with Crippen molar-refractivity contribution >= 4 is 22.1 Å². The maximum Gasteiger partial charge on any atom is 3.00 e. The number of hydrogen-bond acceptors (Lipinski definition) is 4. The van der Waals surface area contributed by atoms with E-state index in [1.54, 1.807) is 11.3 Å². The molecule has 0 saturated heterocycles. The Morgan fingerprint density at radius 3 is 2.19 bits per heavy atom. The van der Waals surface area contributed by atoms with Gasteiger partial charge < -0.3 is 4.98 Å². The van der Waals surface area contributed by atoms with Crippen molar-refractivity contribution in [2.75, 3.05) is 0 Å². The Morgan fingerprint density at radius 1 is 0.574 bits per heavy atom. The first-order chi connectivity index (χ1) is 22.8. The van der Waals surface area contributed by atoms with E-state index in [0.29, 0.717) is 0 Å². The summed E-state index contributed by atoms with van der Waals surface area (Å²) < 4.78 is 0. The number of fused-ring (bicyclic) bond motifs is 4. The summed E-state index contributed by atoms with van der Waals surface area (Å²) >= 11 is 1.67. The van der Waals surface area contributed by atoms with Crippen LogP contribution in [0.1, 0.15) is 22.5 Å². The van der Waals surface area contributed by atoms with Crippen LogP contribution in [0.2, 0.25) is 0 Å². The number of aromatic nitrogens is 3. The summed E-state index contributed by atoms with van der Waals surface area (Å²) in [5.74, 6) is 0. The number of benzene rings is 4. The molecule has 0 aliphatic heterocycles. The van der Waals surface area contributed by atoms with Crippen LogP contribution in [0.15, 0.2) is 157 Å². The summed E-state index contributed by atoms with van der Waals surface area (Å²) in [7, 11) is 0. The van der Waals surface area contributed by atoms with Crippen LogP contribution >= 0.6 is 11.3 Å². The van der Waals surface area contributed by atoms with E-state index in [1.165, 1.54) is 27.5 Å². The zero-order valence-electron chi connectivity index (χ0n) is 25.1. The van der Waals surface area contributed by atoms with E-state index in [2.05, 4.69) is 89.9 Å². The molecule has 0 saturated carbocycles. The van der Waals surface area contributed by atoms with Gasteiger partial charge in [0, 0.05) is 18.1 Å². The molecule has 3 nitrogen and oxygen atoms in total. The molecule has 0 bridgehead atoms. The molecule has 4 heterocycles. The van der Waals surface area contributed by atoms with Crippen LogP contribution in [-0.2, 0) is 25.5 Å². The topological polar surface area (TPSA) is 38.7 Å². The van der Waals surface area contributed by atoms with Crippen LogP contribution in [0.5, 0.6) is 0 Å². The predicted molar refractivity (Wildman–Crippen MR) is 186 cm³/mol. The first kappa shape index (κ1) is 30.6. The molecule has 0 N–H and O–H groups in total. The number of nitrogens with zero attached hydrogens (tertiary/aromatic N) is 3. The summed E-state index contributed by atoms with van der Waals surface area (Å²) in [4.78, 5) is 15.5. The molecule has 1 atom stereocenters. The van der Waals surface area contributed by atoms with Crippen molar-refractivity contribution in [3.8, 4) is 33.0 Å². The molecular weight excluding hydrogens is 771 g/mol. The zero-order valence-corrected chi connectivity index (χ0v) is 28.3. The van der Waals surface area contributed by atoms with Crippen molar-refractivity contribution in [1.82, 2.24) is 15.0 Å². The molecule has 0 spiro atoms. The molecule has 0 fully saturated rings. The average Bonchev–Trinajstić information content (AvgIpc) is 3.79. The predicted octanol–water partition coefficient (Wildman–Crippen LogP) is 9.87. The quantitative estimate of drug-likeness (QED) is 0.167. The van der Waals surface area contributed by atoms with E-state index in [1.807, 2.05) is 90.6 Å². The molecule has 4 aromatic heterocycles. The number of rotatable bonds is 4. The van der Waals surface area contributed by atoms with Gasteiger partial charge in [-0.1, -0.05) is 83.2 Å². The van der Waals surface area contributed by atoms with Crippen LogP contribution in [-0.4, -0.2) is 15.0 Å². The van der Waals surface area contributed by atoms with Gasteiger partial charge in [-0.25, -0.2) is 11.3 Å². The second-order valence-electron chi connectivity index (χ2n) is 11.0. The normalized spacial score (nSPS) is 14.3. The molecule has 5 heteroatoms. The summed E-state index contributed by atoms with van der Waals surface area (Å²) in [6.07, 6.45) is 3.77. The summed E-state index contributed by atoms with van der Waals surface area (Å²) in [5.41, 5.74) is 8.81. The second-order valence-corrected chi connectivity index (χ2v) is 11.9. The number of hydrogen-bond donors (Lipinski definition) is 0. The van der Waals surface area contributed by atoms with Gasteiger partial charge in [0.25, 0.3) is 0 Å². The van der Waals surface area contributed by atoms with E-state index < -0.39 is 5.41 Å². The maximum absolute atomic E-state index is 5.18. The summed E-state index contributed by atoms with van der Waals surface area (Å²) in [6, 6.07) is 57.4. The van der Waals surface area contributed by atoms with Crippen molar-refractivity contribution in [3.63, 3.8) is 0 Å². The third-order valence-electron chi connectivity index (χ3n) is 8.35. The molecule has 1 aliphatic carbocycles. The van der Waals surface area contributed by atoms with Gasteiger partial charge in [-0.3, -0.25) is 9.97 Å². The minimum absolute atomic E-state index is 0. The van der Waals surface area contributed by atoms with Crippen molar-refractivity contribution in [1.29, 1.82) is 0 Å². The van der Waals surface area contributed by atoms with Gasteiger partial charge in [-0.15, -0.1) is 52.4 Å². The van der Waals surface area contributed by atoms with Crippen LogP contribution in [0, 0.1) is 18.2 Å². The SMILES string of the molecule is [Ir+3].[c-]1ccccc1-c1cccc([C@]2(c3ccccn3)c3[c-]cccc3-c3ccccc32)n1.[c-]1ccsc1-c1cc2ccccc2cn1. The minimum atomic E-state index is -0.626. The van der Waals surface area contributed by atoms with Gasteiger partial charge in [-0.05, 0) is 45.9 Å². The fourth-order valence-corrected chi connectivity index (χ4v) is 6.97. The van der Waals surface area contributed by atoms with Crippen molar-refractivity contribution in [2.45, 2.75) is 5.41 Å². The zero-order chi connectivity index (χ0) is 30.8. The van der Waals surface area contributed by atoms with Crippen LogP contribution in [0.3, 0.4) is 0 Å². The van der Waals surface area contributed by atoms with Crippen LogP contribution in [0.25, 0.3) is 43.7 Å². The van der Waals surface area contributed by atoms with Crippen molar-refractivity contribution in [3.05, 3.63) is 198 Å². The average molecular weight is 797 g/mol. The van der Waals surface area contributed by atoms with Gasteiger partial charge in [0.2, 0.25) is 0 Å². The third-order valence-corrected chi connectivity index (χ3v) is 9.19. The minimum Gasteiger partial charge on any atom is -0.318 e. The van der Waals surface area contributed by atoms with Crippen LogP contribution in [0.4, 0.5) is 0 Å². The Balaban J connectivity index is 0.000000184. The Kier molecular flexibility index (Phi) is 8.69. The van der Waals surface area contributed by atoms with E-state index >= 15 is 0 Å². The number of thiophene rings is 1. The first-order valence-corrected chi connectivity index (χ1v) is 16.0. The molecule has 0 unspecified atom stereocenters. The Morgan fingerprint density at radius 2 is 1.36 bits per heavy atom. The first-order valence-electron chi connectivity index (χ1n) is 15.1. The summed E-state index contributed by atoms with van der Waals surface area (Å²) in [5, 5.41) is 4.42. The molecular formula is C42H26IrN3S. The molecule has 9 rings (SSSR count). The second kappa shape index (κ2) is 13.4. The Labute approximate surface area is 292 Å². The van der Waals surface area contributed by atoms with E-state index in [9.17, 15) is 0 Å².